The third-order valence-electron chi connectivity index (χ3n) is 1.14. The van der Waals surface area contributed by atoms with E-state index in [0.29, 0.717) is 6.42 Å². The smallest absolute Gasteiger partial charge is 0.140 e. The van der Waals surface area contributed by atoms with Crippen LogP contribution >= 0.6 is 0 Å². The molecule has 0 heterocycles. The highest BCUT2D eigenvalue weighted by atomic mass is 16.1. The lowest BCUT2D eigenvalue weighted by Gasteiger charge is -1.93. The Kier molecular flexibility index (Phi) is 3.91. The van der Waals surface area contributed by atoms with Crippen molar-refractivity contribution in [2.24, 2.45) is 5.92 Å². The lowest BCUT2D eigenvalue weighted by molar-refractivity contribution is -0.119. The molecule has 0 aliphatic heterocycles. The number of ketones is 1. The van der Waals surface area contributed by atoms with E-state index in [1.165, 1.54) is 0 Å². The Balaban J connectivity index is 3.81. The molecular formula is C7H8N2O. The van der Waals surface area contributed by atoms with Gasteiger partial charge in [-0.15, -0.1) is 0 Å². The molecule has 3 nitrogen and oxygen atoms in total. The largest absolute Gasteiger partial charge is 0.300 e. The van der Waals surface area contributed by atoms with Crippen molar-refractivity contribution in [1.29, 1.82) is 10.5 Å². The third-order valence-corrected chi connectivity index (χ3v) is 1.14. The molecule has 0 radical (unpaired) electrons. The average Bonchev–Trinajstić information content (AvgIpc) is 1.99. The molecule has 0 bridgehead atoms. The van der Waals surface area contributed by atoms with Gasteiger partial charge in [-0.1, -0.05) is 6.92 Å². The van der Waals surface area contributed by atoms with E-state index in [9.17, 15) is 4.79 Å². The molecule has 0 aromatic heterocycles. The summed E-state index contributed by atoms with van der Waals surface area (Å²) >= 11 is 0. The zero-order chi connectivity index (χ0) is 7.98. The number of rotatable bonds is 3. The highest BCUT2D eigenvalue weighted by Gasteiger charge is 2.09. The SMILES string of the molecule is CCC(=O)CC(C#N)C#N. The molecule has 3 heteroatoms. The van der Waals surface area contributed by atoms with E-state index in [4.69, 9.17) is 10.5 Å². The van der Waals surface area contributed by atoms with E-state index in [0.717, 1.165) is 0 Å². The van der Waals surface area contributed by atoms with Gasteiger partial charge in [-0.05, 0) is 0 Å². The molecule has 0 aliphatic carbocycles. The van der Waals surface area contributed by atoms with E-state index in [1.54, 1.807) is 19.1 Å². The third kappa shape index (κ3) is 2.84. The maximum absolute atomic E-state index is 10.6. The van der Waals surface area contributed by atoms with Gasteiger partial charge in [0.25, 0.3) is 0 Å². The second-order valence-corrected chi connectivity index (χ2v) is 1.91. The van der Waals surface area contributed by atoms with Crippen molar-refractivity contribution in [3.8, 4) is 12.1 Å². The molecule has 0 saturated heterocycles. The Labute approximate surface area is 59.9 Å². The Morgan fingerprint density at radius 1 is 1.50 bits per heavy atom. The average molecular weight is 136 g/mol. The number of Topliss-reactive ketones (excluding diaryl/α,β-unsaturated/α-hetero) is 1. The van der Waals surface area contributed by atoms with Gasteiger partial charge in [0.1, 0.15) is 11.7 Å². The lowest BCUT2D eigenvalue weighted by atomic mass is 10.1. The van der Waals surface area contributed by atoms with Gasteiger partial charge in [0, 0.05) is 12.8 Å². The van der Waals surface area contributed by atoms with Gasteiger partial charge in [-0.3, -0.25) is 4.79 Å². The van der Waals surface area contributed by atoms with Crippen LogP contribution in [0.5, 0.6) is 0 Å². The zero-order valence-corrected chi connectivity index (χ0v) is 5.79. The Morgan fingerprint density at radius 3 is 2.30 bits per heavy atom. The Bertz CT molecular complexity index is 183. The lowest BCUT2D eigenvalue weighted by Crippen LogP contribution is -2.02. The van der Waals surface area contributed by atoms with Crippen LogP contribution in [0.3, 0.4) is 0 Å². The van der Waals surface area contributed by atoms with Crippen LogP contribution in [0.4, 0.5) is 0 Å². The molecule has 0 unspecified atom stereocenters. The van der Waals surface area contributed by atoms with Gasteiger partial charge < -0.3 is 0 Å². The molecule has 0 fully saturated rings. The Morgan fingerprint density at radius 2 is 2.00 bits per heavy atom. The minimum atomic E-state index is -0.757. The zero-order valence-electron chi connectivity index (χ0n) is 5.79. The summed E-state index contributed by atoms with van der Waals surface area (Å²) in [6.07, 6.45) is 0.476. The summed E-state index contributed by atoms with van der Waals surface area (Å²) in [4.78, 5) is 10.6. The van der Waals surface area contributed by atoms with Crippen LogP contribution in [0.25, 0.3) is 0 Å². The van der Waals surface area contributed by atoms with Gasteiger partial charge >= 0.3 is 0 Å². The summed E-state index contributed by atoms with van der Waals surface area (Å²) < 4.78 is 0. The van der Waals surface area contributed by atoms with E-state index < -0.39 is 5.92 Å². The molecule has 0 N–H and O–H groups in total. The maximum atomic E-state index is 10.6. The van der Waals surface area contributed by atoms with Crippen molar-refractivity contribution >= 4 is 5.78 Å². The van der Waals surface area contributed by atoms with Crippen LogP contribution in [0.2, 0.25) is 0 Å². The molecule has 0 spiro atoms. The Hall–Kier alpha value is -1.35. The topological polar surface area (TPSA) is 64.7 Å². The first kappa shape index (κ1) is 8.65. The summed E-state index contributed by atoms with van der Waals surface area (Å²) in [5.41, 5.74) is 0. The number of hydrogen-bond acceptors (Lipinski definition) is 3. The second-order valence-electron chi connectivity index (χ2n) is 1.91. The van der Waals surface area contributed by atoms with E-state index in [1.807, 2.05) is 0 Å². The summed E-state index contributed by atoms with van der Waals surface area (Å²) in [5, 5.41) is 16.5. The minimum Gasteiger partial charge on any atom is -0.300 e. The van der Waals surface area contributed by atoms with E-state index in [-0.39, 0.29) is 12.2 Å². The van der Waals surface area contributed by atoms with Crippen LogP contribution in [-0.4, -0.2) is 5.78 Å². The molecular weight excluding hydrogens is 128 g/mol. The molecule has 52 valence electrons. The highest BCUT2D eigenvalue weighted by Crippen LogP contribution is 2.01. The number of hydrogen-bond donors (Lipinski definition) is 0. The summed E-state index contributed by atoms with van der Waals surface area (Å²) in [5.74, 6) is -0.791. The van der Waals surface area contributed by atoms with Crippen molar-refractivity contribution in [2.75, 3.05) is 0 Å². The molecule has 0 aromatic carbocycles. The molecule has 0 saturated carbocycles. The minimum absolute atomic E-state index is 0.0342. The van der Waals surface area contributed by atoms with Crippen LogP contribution in [-0.2, 0) is 4.79 Å². The van der Waals surface area contributed by atoms with Crippen LogP contribution in [0, 0.1) is 28.6 Å². The van der Waals surface area contributed by atoms with Gasteiger partial charge in [-0.2, -0.15) is 10.5 Å². The highest BCUT2D eigenvalue weighted by molar-refractivity contribution is 5.78. The fourth-order valence-corrected chi connectivity index (χ4v) is 0.492. The monoisotopic (exact) mass is 136 g/mol. The quantitative estimate of drug-likeness (QED) is 0.581. The fraction of sp³-hybridized carbons (Fsp3) is 0.571. The van der Waals surface area contributed by atoms with Gasteiger partial charge in [0.15, 0.2) is 0 Å². The molecule has 0 rings (SSSR count). The summed E-state index contributed by atoms with van der Waals surface area (Å²) in [6.45, 7) is 1.72. The molecule has 0 aromatic rings. The van der Waals surface area contributed by atoms with E-state index >= 15 is 0 Å². The van der Waals surface area contributed by atoms with Gasteiger partial charge in [0.2, 0.25) is 0 Å². The molecule has 10 heavy (non-hydrogen) atoms. The molecule has 0 amide bonds. The summed E-state index contributed by atoms with van der Waals surface area (Å²) in [6, 6.07) is 3.47. The van der Waals surface area contributed by atoms with Crippen molar-refractivity contribution < 1.29 is 4.79 Å². The first-order valence-corrected chi connectivity index (χ1v) is 3.05. The van der Waals surface area contributed by atoms with Gasteiger partial charge in [-0.25, -0.2) is 0 Å². The number of carbonyl (C=O) groups is 1. The number of nitrogens with zero attached hydrogens (tertiary/aromatic N) is 2. The van der Waals surface area contributed by atoms with Crippen molar-refractivity contribution in [3.05, 3.63) is 0 Å². The predicted octanol–water partition coefficient (Wildman–Crippen LogP) is 1.02. The normalized spacial score (nSPS) is 8.40. The van der Waals surface area contributed by atoms with Gasteiger partial charge in [0.05, 0.1) is 12.1 Å². The van der Waals surface area contributed by atoms with Crippen LogP contribution in [0.15, 0.2) is 0 Å². The number of carbonyl (C=O) groups excluding carboxylic acids is 1. The molecule has 0 atom stereocenters. The first-order valence-electron chi connectivity index (χ1n) is 3.05. The standard InChI is InChI=1S/C7H8N2O/c1-2-7(10)3-6(4-8)5-9/h6H,2-3H2,1H3. The van der Waals surface area contributed by atoms with Crippen molar-refractivity contribution in [3.63, 3.8) is 0 Å². The number of nitriles is 2. The van der Waals surface area contributed by atoms with Crippen LogP contribution < -0.4 is 0 Å². The second kappa shape index (κ2) is 4.52. The van der Waals surface area contributed by atoms with Crippen LogP contribution in [0.1, 0.15) is 19.8 Å². The maximum Gasteiger partial charge on any atom is 0.140 e. The van der Waals surface area contributed by atoms with Crippen molar-refractivity contribution in [1.82, 2.24) is 0 Å². The van der Waals surface area contributed by atoms with Crippen molar-refractivity contribution in [2.45, 2.75) is 19.8 Å². The van der Waals surface area contributed by atoms with E-state index in [2.05, 4.69) is 0 Å². The fourth-order valence-electron chi connectivity index (χ4n) is 0.492. The first-order chi connectivity index (χ1) is 4.74. The molecule has 0 aliphatic rings. The summed E-state index contributed by atoms with van der Waals surface area (Å²) in [7, 11) is 0. The predicted molar refractivity (Wildman–Crippen MR) is 34.6 cm³/mol.